The molecule has 20 heavy (non-hydrogen) atoms. The molecule has 0 spiro atoms. The average Bonchev–Trinajstić information content (AvgIpc) is 2.85. The van der Waals surface area contributed by atoms with Gasteiger partial charge in [0.05, 0.1) is 6.54 Å². The summed E-state index contributed by atoms with van der Waals surface area (Å²) in [6.07, 6.45) is 2.40. The van der Waals surface area contributed by atoms with Crippen molar-refractivity contribution in [2.75, 3.05) is 13.1 Å². The first-order valence-electron chi connectivity index (χ1n) is 7.24. The van der Waals surface area contributed by atoms with Crippen LogP contribution in [0.4, 0.5) is 0 Å². The van der Waals surface area contributed by atoms with Gasteiger partial charge in [-0.25, -0.2) is 4.99 Å². The first-order valence-corrected chi connectivity index (χ1v) is 8.05. The molecule has 2 N–H and O–H groups in total. The number of hydrogen-bond donors (Lipinski definition) is 1. The normalized spacial score (nSPS) is 18.6. The minimum Gasteiger partial charge on any atom is -0.370 e. The van der Waals surface area contributed by atoms with Crippen molar-refractivity contribution in [1.82, 2.24) is 15.1 Å². The predicted octanol–water partition coefficient (Wildman–Crippen LogP) is 2.38. The van der Waals surface area contributed by atoms with Crippen molar-refractivity contribution >= 4 is 17.3 Å². The fourth-order valence-corrected chi connectivity index (χ4v) is 2.93. The molecule has 0 atom stereocenters. The fraction of sp³-hybridized carbons (Fsp3) is 0.786. The minimum absolute atomic E-state index is 0.0498. The van der Waals surface area contributed by atoms with E-state index in [1.54, 1.807) is 11.3 Å². The number of nitrogens with two attached hydrogens (primary N) is 1. The Morgan fingerprint density at radius 1 is 1.35 bits per heavy atom. The van der Waals surface area contributed by atoms with Crippen molar-refractivity contribution < 1.29 is 0 Å². The lowest BCUT2D eigenvalue weighted by molar-refractivity contribution is 0.277. The zero-order valence-corrected chi connectivity index (χ0v) is 13.7. The SMILES string of the molecule is CC1CCN(C(N)=NCc2nnc(C(C)(C)C)s2)CC1. The number of aliphatic imine (C=N–C) groups is 1. The number of piperidine rings is 1. The molecule has 112 valence electrons. The molecule has 0 unspecified atom stereocenters. The highest BCUT2D eigenvalue weighted by Crippen LogP contribution is 2.25. The number of aromatic nitrogens is 2. The monoisotopic (exact) mass is 295 g/mol. The molecule has 1 aromatic rings. The third kappa shape index (κ3) is 3.91. The largest absolute Gasteiger partial charge is 0.370 e. The van der Waals surface area contributed by atoms with E-state index in [9.17, 15) is 0 Å². The van der Waals surface area contributed by atoms with E-state index in [-0.39, 0.29) is 5.41 Å². The Kier molecular flexibility index (Phi) is 4.62. The maximum atomic E-state index is 6.07. The van der Waals surface area contributed by atoms with E-state index >= 15 is 0 Å². The zero-order chi connectivity index (χ0) is 14.8. The van der Waals surface area contributed by atoms with Gasteiger partial charge in [0.1, 0.15) is 10.0 Å². The quantitative estimate of drug-likeness (QED) is 0.672. The summed E-state index contributed by atoms with van der Waals surface area (Å²) in [6, 6.07) is 0. The highest BCUT2D eigenvalue weighted by molar-refractivity contribution is 7.11. The molecule has 1 fully saturated rings. The third-order valence-corrected chi connectivity index (χ3v) is 4.93. The van der Waals surface area contributed by atoms with Crippen LogP contribution in [-0.2, 0) is 12.0 Å². The topological polar surface area (TPSA) is 67.4 Å². The molecule has 0 aliphatic carbocycles. The summed E-state index contributed by atoms with van der Waals surface area (Å²) in [7, 11) is 0. The molecule has 0 radical (unpaired) electrons. The smallest absolute Gasteiger partial charge is 0.191 e. The molecule has 2 heterocycles. The number of likely N-dealkylation sites (tertiary alicyclic amines) is 1. The Labute approximate surface area is 125 Å². The van der Waals surface area contributed by atoms with Gasteiger partial charge in [-0.1, -0.05) is 39.0 Å². The van der Waals surface area contributed by atoms with Gasteiger partial charge in [-0.15, -0.1) is 10.2 Å². The highest BCUT2D eigenvalue weighted by atomic mass is 32.1. The van der Waals surface area contributed by atoms with Crippen molar-refractivity contribution in [3.8, 4) is 0 Å². The van der Waals surface area contributed by atoms with Crippen LogP contribution >= 0.6 is 11.3 Å². The predicted molar refractivity (Wildman–Crippen MR) is 83.9 cm³/mol. The van der Waals surface area contributed by atoms with Crippen LogP contribution < -0.4 is 5.73 Å². The van der Waals surface area contributed by atoms with Crippen molar-refractivity contribution in [2.45, 2.75) is 52.5 Å². The summed E-state index contributed by atoms with van der Waals surface area (Å²) in [5.74, 6) is 1.45. The lowest BCUT2D eigenvalue weighted by atomic mass is 9.98. The molecule has 1 aliphatic rings. The van der Waals surface area contributed by atoms with Crippen molar-refractivity contribution in [3.63, 3.8) is 0 Å². The summed E-state index contributed by atoms with van der Waals surface area (Å²) in [6.45, 7) is 11.3. The van der Waals surface area contributed by atoms with Gasteiger partial charge in [-0.3, -0.25) is 0 Å². The number of guanidine groups is 1. The first-order chi connectivity index (χ1) is 9.36. The van der Waals surface area contributed by atoms with Crippen LogP contribution in [0.5, 0.6) is 0 Å². The molecule has 0 amide bonds. The molecule has 0 saturated carbocycles. The average molecular weight is 295 g/mol. The van der Waals surface area contributed by atoms with Crippen molar-refractivity contribution in [3.05, 3.63) is 10.0 Å². The molecule has 1 aromatic heterocycles. The molecule has 1 aliphatic heterocycles. The molecular weight excluding hydrogens is 270 g/mol. The van der Waals surface area contributed by atoms with Crippen molar-refractivity contribution in [1.29, 1.82) is 0 Å². The molecule has 1 saturated heterocycles. The van der Waals surface area contributed by atoms with Crippen LogP contribution in [0.25, 0.3) is 0 Å². The molecule has 0 aromatic carbocycles. The van der Waals surface area contributed by atoms with Gasteiger partial charge in [0, 0.05) is 18.5 Å². The van der Waals surface area contributed by atoms with Crippen LogP contribution in [-0.4, -0.2) is 34.1 Å². The third-order valence-electron chi connectivity index (χ3n) is 3.59. The standard InChI is InChI=1S/C14H25N5S/c1-10-5-7-19(8-6-10)13(15)16-9-11-17-18-12(20-11)14(2,3)4/h10H,5-9H2,1-4H3,(H2,15,16). The van der Waals surface area contributed by atoms with E-state index in [1.165, 1.54) is 12.8 Å². The van der Waals surface area contributed by atoms with Crippen molar-refractivity contribution in [2.24, 2.45) is 16.6 Å². The Morgan fingerprint density at radius 2 is 2.00 bits per heavy atom. The fourth-order valence-electron chi connectivity index (χ4n) is 2.11. The van der Waals surface area contributed by atoms with E-state index in [2.05, 4.69) is 47.8 Å². The number of nitrogens with zero attached hydrogens (tertiary/aromatic N) is 4. The second-order valence-electron chi connectivity index (χ2n) is 6.59. The summed E-state index contributed by atoms with van der Waals surface area (Å²) in [4.78, 5) is 6.64. The van der Waals surface area contributed by atoms with Crippen LogP contribution in [0.2, 0.25) is 0 Å². The van der Waals surface area contributed by atoms with E-state index in [1.807, 2.05) is 0 Å². The number of rotatable bonds is 2. The Bertz CT molecular complexity index is 466. The minimum atomic E-state index is 0.0498. The summed E-state index contributed by atoms with van der Waals surface area (Å²) >= 11 is 1.63. The van der Waals surface area contributed by atoms with Crippen LogP contribution in [0, 0.1) is 5.92 Å². The van der Waals surface area contributed by atoms with Gasteiger partial charge < -0.3 is 10.6 Å². The van der Waals surface area contributed by atoms with Gasteiger partial charge in [0.25, 0.3) is 0 Å². The molecule has 5 nitrogen and oxygen atoms in total. The first kappa shape index (κ1) is 15.2. The van der Waals surface area contributed by atoms with Gasteiger partial charge in [0.2, 0.25) is 0 Å². The van der Waals surface area contributed by atoms with Crippen LogP contribution in [0.1, 0.15) is 50.6 Å². The lowest BCUT2D eigenvalue weighted by Crippen LogP contribution is -2.42. The maximum absolute atomic E-state index is 6.07. The summed E-state index contributed by atoms with van der Waals surface area (Å²) in [5.41, 5.74) is 6.12. The maximum Gasteiger partial charge on any atom is 0.191 e. The Morgan fingerprint density at radius 3 is 2.55 bits per heavy atom. The highest BCUT2D eigenvalue weighted by Gasteiger charge is 2.20. The second kappa shape index (κ2) is 6.08. The van der Waals surface area contributed by atoms with E-state index in [0.29, 0.717) is 12.5 Å². The van der Waals surface area contributed by atoms with E-state index in [0.717, 1.165) is 29.0 Å². The zero-order valence-electron chi connectivity index (χ0n) is 12.9. The van der Waals surface area contributed by atoms with Crippen LogP contribution in [0.3, 0.4) is 0 Å². The second-order valence-corrected chi connectivity index (χ2v) is 7.66. The van der Waals surface area contributed by atoms with Gasteiger partial charge >= 0.3 is 0 Å². The van der Waals surface area contributed by atoms with Gasteiger partial charge in [-0.05, 0) is 18.8 Å². The number of hydrogen-bond acceptors (Lipinski definition) is 4. The van der Waals surface area contributed by atoms with E-state index in [4.69, 9.17) is 5.73 Å². The molecule has 2 rings (SSSR count). The molecule has 6 heteroatoms. The lowest BCUT2D eigenvalue weighted by Gasteiger charge is -2.30. The molecule has 0 bridgehead atoms. The van der Waals surface area contributed by atoms with Gasteiger partial charge in [-0.2, -0.15) is 0 Å². The van der Waals surface area contributed by atoms with Crippen LogP contribution in [0.15, 0.2) is 4.99 Å². The van der Waals surface area contributed by atoms with E-state index < -0.39 is 0 Å². The van der Waals surface area contributed by atoms with Gasteiger partial charge in [0.15, 0.2) is 5.96 Å². The Hall–Kier alpha value is -1.17. The Balaban J connectivity index is 1.93. The summed E-state index contributed by atoms with van der Waals surface area (Å²) in [5, 5.41) is 10.4. The molecular formula is C14H25N5S. The summed E-state index contributed by atoms with van der Waals surface area (Å²) < 4.78 is 0.